The molecule has 1 unspecified atom stereocenters. The Morgan fingerprint density at radius 2 is 1.90 bits per heavy atom. The predicted molar refractivity (Wildman–Crippen MR) is 47.9 cm³/mol. The van der Waals surface area contributed by atoms with Crippen LogP contribution >= 0.6 is 0 Å². The van der Waals surface area contributed by atoms with Gasteiger partial charge in [-0.05, 0) is 0 Å². The quantitative estimate of drug-likeness (QED) is 0.491. The van der Waals surface area contributed by atoms with Crippen LogP contribution in [0.2, 0.25) is 0 Å². The van der Waals surface area contributed by atoms with E-state index < -0.39 is 0 Å². The van der Waals surface area contributed by atoms with Crippen LogP contribution in [0.15, 0.2) is 0 Å². The second kappa shape index (κ2) is 7.07. The number of hydrogen-bond acceptors (Lipinski definition) is 0. The molecule has 1 heterocycles. The van der Waals surface area contributed by atoms with Crippen LogP contribution in [0.5, 0.6) is 0 Å². The highest BCUT2D eigenvalue weighted by Gasteiger charge is 2.13. The summed E-state index contributed by atoms with van der Waals surface area (Å²) in [4.78, 5) is 1.45. The molecule has 0 radical (unpaired) electrons. The Labute approximate surface area is 66.4 Å². The largest absolute Gasteiger partial charge is 0.468 e. The molecule has 0 amide bonds. The van der Waals surface area contributed by atoms with Crippen LogP contribution in [0, 0.1) is 13.0 Å². The van der Waals surface area contributed by atoms with Gasteiger partial charge in [0.15, 0.2) is 0 Å². The lowest BCUT2D eigenvalue weighted by atomic mass is 10.2. The summed E-state index contributed by atoms with van der Waals surface area (Å²) in [7, 11) is 3.90. The van der Waals surface area contributed by atoms with Crippen LogP contribution in [0.4, 0.5) is 0 Å². The van der Waals surface area contributed by atoms with Gasteiger partial charge in [0.2, 0.25) is 0 Å². The zero-order chi connectivity index (χ0) is 7.28. The zero-order valence-electron chi connectivity index (χ0n) is 6.91. The lowest BCUT2D eigenvalue weighted by Crippen LogP contribution is -3.04. The summed E-state index contributed by atoms with van der Waals surface area (Å²) in [5.74, 6) is 0.924. The van der Waals surface area contributed by atoms with Crippen molar-refractivity contribution in [3.63, 3.8) is 0 Å². The molecule has 1 saturated heterocycles. The lowest BCUT2D eigenvalue weighted by Gasteiger charge is -2.10. The fourth-order valence-electron chi connectivity index (χ4n) is 1.15. The van der Waals surface area contributed by atoms with Crippen molar-refractivity contribution in [1.82, 2.24) is 0 Å². The van der Waals surface area contributed by atoms with Crippen molar-refractivity contribution < 1.29 is 4.90 Å². The first-order chi connectivity index (χ1) is 4.29. The van der Waals surface area contributed by atoms with E-state index in [4.69, 9.17) is 0 Å². The van der Waals surface area contributed by atoms with Gasteiger partial charge in [0.25, 0.3) is 0 Å². The monoisotopic (exact) mass is 145 g/mol. The van der Waals surface area contributed by atoms with Gasteiger partial charge in [-0.3, -0.25) is 0 Å². The molecule has 1 fully saturated rings. The molecule has 0 aromatic carbocycles. The predicted octanol–water partition coefficient (Wildman–Crippen LogP) is 1.36. The average molecular weight is 145 g/mol. The van der Waals surface area contributed by atoms with Gasteiger partial charge in [0.05, 0.1) is 13.1 Å². The van der Waals surface area contributed by atoms with Crippen LogP contribution in [-0.2, 0) is 0 Å². The van der Waals surface area contributed by atoms with Gasteiger partial charge in [-0.1, -0.05) is 28.2 Å². The number of quaternary nitrogens is 1. The maximum absolute atomic E-state index is 3.90. The highest BCUT2D eigenvalue weighted by molar-refractivity contribution is 4.54. The van der Waals surface area contributed by atoms with Crippen molar-refractivity contribution in [3.8, 4) is 0 Å². The number of hydrogen-bond donors (Lipinski definition) is 1. The molecule has 10 heavy (non-hydrogen) atoms. The van der Waals surface area contributed by atoms with Gasteiger partial charge in [0.1, 0.15) is 0 Å². The van der Waals surface area contributed by atoms with E-state index in [2.05, 4.69) is 14.0 Å². The van der Waals surface area contributed by atoms with Gasteiger partial charge in [0, 0.05) is 12.3 Å². The normalized spacial score (nSPS) is 30.0. The summed E-state index contributed by atoms with van der Waals surface area (Å²) >= 11 is 0. The summed E-state index contributed by atoms with van der Waals surface area (Å²) in [6.45, 7) is 8.85. The molecule has 0 aromatic rings. The molecule has 1 nitrogen and oxygen atoms in total. The van der Waals surface area contributed by atoms with Crippen molar-refractivity contribution in [2.75, 3.05) is 13.1 Å². The van der Waals surface area contributed by atoms with E-state index in [-0.39, 0.29) is 7.43 Å². The third-order valence-electron chi connectivity index (χ3n) is 1.63. The van der Waals surface area contributed by atoms with Gasteiger partial charge >= 0.3 is 0 Å². The molecule has 0 saturated carbocycles. The maximum atomic E-state index is 3.90. The molecule has 1 aliphatic heterocycles. The summed E-state index contributed by atoms with van der Waals surface area (Å²) in [6, 6.07) is 0. The molecular weight excluding hydrogens is 122 g/mol. The van der Waals surface area contributed by atoms with Crippen molar-refractivity contribution in [2.24, 2.45) is 5.92 Å². The first-order valence-corrected chi connectivity index (χ1v) is 3.95. The smallest absolute Gasteiger partial charge is 0.0558 e. The first kappa shape index (κ1) is 12.6. The summed E-state index contributed by atoms with van der Waals surface area (Å²) in [5, 5.41) is 0. The minimum atomic E-state index is 0. The minimum Gasteiger partial charge on any atom is -0.468 e. The van der Waals surface area contributed by atoms with Gasteiger partial charge < -0.3 is 4.90 Å². The van der Waals surface area contributed by atoms with Crippen molar-refractivity contribution in [3.05, 3.63) is 7.05 Å². The van der Waals surface area contributed by atoms with Gasteiger partial charge in [-0.2, -0.15) is 7.05 Å². The van der Waals surface area contributed by atoms with E-state index >= 15 is 0 Å². The molecule has 1 heteroatoms. The Morgan fingerprint density at radius 3 is 2.00 bits per heavy atom. The highest BCUT2D eigenvalue weighted by atomic mass is 15.1. The van der Waals surface area contributed by atoms with Gasteiger partial charge in [-0.25, -0.2) is 0 Å². The molecule has 1 rings (SSSR count). The third kappa shape index (κ3) is 4.80. The fourth-order valence-corrected chi connectivity index (χ4v) is 1.15. The van der Waals surface area contributed by atoms with E-state index in [0.717, 1.165) is 5.92 Å². The Hall–Kier alpha value is -0.0400. The van der Waals surface area contributed by atoms with Crippen molar-refractivity contribution in [2.45, 2.75) is 34.6 Å². The first-order valence-electron chi connectivity index (χ1n) is 3.95. The Morgan fingerprint density at radius 1 is 1.40 bits per heavy atom. The Balaban J connectivity index is 0. The third-order valence-corrected chi connectivity index (χ3v) is 1.63. The minimum absolute atomic E-state index is 0. The molecule has 0 spiro atoms. The van der Waals surface area contributed by atoms with E-state index in [9.17, 15) is 0 Å². The Bertz CT molecular complexity index is 53.7. The molecular formula is C9H23N. The highest BCUT2D eigenvalue weighted by Crippen LogP contribution is 1.99. The van der Waals surface area contributed by atoms with E-state index in [1.807, 2.05) is 13.8 Å². The second-order valence-electron chi connectivity index (χ2n) is 2.60. The summed E-state index contributed by atoms with van der Waals surface area (Å²) in [5.41, 5.74) is 0. The zero-order valence-corrected chi connectivity index (χ0v) is 6.91. The molecule has 0 aliphatic carbocycles. The maximum Gasteiger partial charge on any atom is 0.0558 e. The number of rotatable bonds is 0. The molecule has 0 aromatic heterocycles. The fraction of sp³-hybridized carbons (Fsp3) is 0.889. The number of nitrogens with one attached hydrogen (secondary N) is 1. The van der Waals surface area contributed by atoms with Crippen LogP contribution in [0.25, 0.3) is 0 Å². The lowest BCUT2D eigenvalue weighted by molar-refractivity contribution is -0.841. The summed E-state index contributed by atoms with van der Waals surface area (Å²) in [6.07, 6.45) is 1.37. The SMILES string of the molecule is C.CC.[CH2-][NH+]1CC[C@@H](C)C1. The Kier molecular flexibility index (Phi) is 8.92. The van der Waals surface area contributed by atoms with Crippen LogP contribution in [0.1, 0.15) is 34.6 Å². The van der Waals surface area contributed by atoms with Crippen LogP contribution in [0.3, 0.4) is 0 Å². The molecule has 1 aliphatic rings. The molecule has 64 valence electrons. The second-order valence-corrected chi connectivity index (χ2v) is 2.60. The van der Waals surface area contributed by atoms with Gasteiger partial charge in [-0.15, -0.1) is 0 Å². The topological polar surface area (TPSA) is 4.44 Å². The summed E-state index contributed by atoms with van der Waals surface area (Å²) < 4.78 is 0. The average Bonchev–Trinajstić information content (AvgIpc) is 2.20. The van der Waals surface area contributed by atoms with Crippen LogP contribution < -0.4 is 4.90 Å². The van der Waals surface area contributed by atoms with Crippen molar-refractivity contribution in [1.29, 1.82) is 0 Å². The van der Waals surface area contributed by atoms with Crippen LogP contribution in [-0.4, -0.2) is 13.1 Å². The van der Waals surface area contributed by atoms with Crippen molar-refractivity contribution >= 4 is 0 Å². The standard InChI is InChI=1S/C6H13N.C2H6.CH4/c1-6-3-4-7(2)5-6;1-2;/h6-7H,2-5H2,1H3;1-2H3;1H4/t6-;;/m1../s1. The van der Waals surface area contributed by atoms with E-state index in [1.54, 1.807) is 0 Å². The van der Waals surface area contributed by atoms with E-state index in [1.165, 1.54) is 24.4 Å². The van der Waals surface area contributed by atoms with E-state index in [0.29, 0.717) is 0 Å². The molecule has 2 atom stereocenters. The molecule has 1 N–H and O–H groups in total. The molecule has 0 bridgehead atoms. The number of likely N-dealkylation sites (tertiary alicyclic amines) is 1.